The highest BCUT2D eigenvalue weighted by molar-refractivity contribution is 9.10. The normalized spacial score (nSPS) is 9.89. The Kier molecular flexibility index (Phi) is 3.94. The SMILES string of the molecule is CNc1ccc(C(=O)Nc2ccccc2Br)cn1. The minimum Gasteiger partial charge on any atom is -0.373 e. The summed E-state index contributed by atoms with van der Waals surface area (Å²) >= 11 is 3.38. The molecule has 1 heterocycles. The molecule has 2 rings (SSSR count). The number of halogens is 1. The Morgan fingerprint density at radius 1 is 1.22 bits per heavy atom. The standard InChI is InChI=1S/C13H12BrN3O/c1-15-12-7-6-9(8-16-12)13(18)17-11-5-3-2-4-10(11)14/h2-8H,1H3,(H,15,16)(H,17,18). The largest absolute Gasteiger partial charge is 0.373 e. The maximum atomic E-state index is 12.0. The summed E-state index contributed by atoms with van der Waals surface area (Å²) in [6.45, 7) is 0. The third kappa shape index (κ3) is 2.87. The summed E-state index contributed by atoms with van der Waals surface area (Å²) in [5, 5.41) is 5.72. The first kappa shape index (κ1) is 12.6. The number of nitrogens with zero attached hydrogens (tertiary/aromatic N) is 1. The van der Waals surface area contributed by atoms with Crippen molar-refractivity contribution in [3.63, 3.8) is 0 Å². The van der Waals surface area contributed by atoms with Crippen molar-refractivity contribution in [2.24, 2.45) is 0 Å². The summed E-state index contributed by atoms with van der Waals surface area (Å²) in [5.74, 6) is 0.546. The molecule has 2 aromatic rings. The monoisotopic (exact) mass is 305 g/mol. The highest BCUT2D eigenvalue weighted by Gasteiger charge is 2.08. The van der Waals surface area contributed by atoms with Gasteiger partial charge in [-0.05, 0) is 40.2 Å². The lowest BCUT2D eigenvalue weighted by molar-refractivity contribution is 0.102. The second-order valence-electron chi connectivity index (χ2n) is 3.62. The molecule has 0 atom stereocenters. The maximum Gasteiger partial charge on any atom is 0.257 e. The third-order valence-corrected chi connectivity index (χ3v) is 3.10. The number of benzene rings is 1. The van der Waals surface area contributed by atoms with E-state index in [2.05, 4.69) is 31.5 Å². The predicted octanol–water partition coefficient (Wildman–Crippen LogP) is 3.14. The predicted molar refractivity (Wildman–Crippen MR) is 75.9 cm³/mol. The fraction of sp³-hybridized carbons (Fsp3) is 0.0769. The smallest absolute Gasteiger partial charge is 0.257 e. The second-order valence-corrected chi connectivity index (χ2v) is 4.47. The fourth-order valence-corrected chi connectivity index (χ4v) is 1.82. The van der Waals surface area contributed by atoms with Gasteiger partial charge in [0.1, 0.15) is 5.82 Å². The molecule has 1 amide bonds. The summed E-state index contributed by atoms with van der Waals surface area (Å²) < 4.78 is 0.846. The second kappa shape index (κ2) is 5.64. The van der Waals surface area contributed by atoms with Crippen LogP contribution in [-0.2, 0) is 0 Å². The number of hydrogen-bond acceptors (Lipinski definition) is 3. The lowest BCUT2D eigenvalue weighted by Gasteiger charge is -2.07. The summed E-state index contributed by atoms with van der Waals surface area (Å²) in [5.41, 5.74) is 1.25. The average Bonchev–Trinajstić information content (AvgIpc) is 2.41. The van der Waals surface area contributed by atoms with Gasteiger partial charge in [0.2, 0.25) is 0 Å². The first-order chi connectivity index (χ1) is 8.70. The number of hydrogen-bond donors (Lipinski definition) is 2. The molecule has 0 spiro atoms. The molecule has 0 saturated heterocycles. The van der Waals surface area contributed by atoms with Crippen LogP contribution >= 0.6 is 15.9 Å². The van der Waals surface area contributed by atoms with Crippen LogP contribution in [0.4, 0.5) is 11.5 Å². The van der Waals surface area contributed by atoms with Gasteiger partial charge in [-0.1, -0.05) is 12.1 Å². The van der Waals surface area contributed by atoms with Crippen LogP contribution < -0.4 is 10.6 Å². The number of aromatic nitrogens is 1. The minimum absolute atomic E-state index is 0.183. The van der Waals surface area contributed by atoms with E-state index in [-0.39, 0.29) is 5.91 Å². The van der Waals surface area contributed by atoms with Gasteiger partial charge in [-0.25, -0.2) is 4.98 Å². The molecule has 0 fully saturated rings. The van der Waals surface area contributed by atoms with Crippen LogP contribution in [0.3, 0.4) is 0 Å². The molecule has 0 aliphatic rings. The molecular formula is C13H12BrN3O. The molecule has 5 heteroatoms. The maximum absolute atomic E-state index is 12.0. The van der Waals surface area contributed by atoms with Crippen LogP contribution in [0.15, 0.2) is 47.1 Å². The van der Waals surface area contributed by atoms with Gasteiger partial charge in [-0.2, -0.15) is 0 Å². The van der Waals surface area contributed by atoms with Crippen molar-refractivity contribution in [3.05, 3.63) is 52.6 Å². The zero-order valence-corrected chi connectivity index (χ0v) is 11.4. The van der Waals surface area contributed by atoms with E-state index in [1.807, 2.05) is 24.3 Å². The van der Waals surface area contributed by atoms with E-state index in [1.165, 1.54) is 6.20 Å². The Morgan fingerprint density at radius 3 is 2.61 bits per heavy atom. The molecule has 1 aromatic carbocycles. The number of rotatable bonds is 3. The van der Waals surface area contributed by atoms with Crippen molar-refractivity contribution >= 4 is 33.3 Å². The molecule has 0 aliphatic heterocycles. The van der Waals surface area contributed by atoms with Crippen molar-refractivity contribution in [3.8, 4) is 0 Å². The van der Waals surface area contributed by atoms with E-state index in [0.29, 0.717) is 5.56 Å². The summed E-state index contributed by atoms with van der Waals surface area (Å²) in [6, 6.07) is 10.9. The van der Waals surface area contributed by atoms with Crippen LogP contribution in [0.2, 0.25) is 0 Å². The number of pyridine rings is 1. The minimum atomic E-state index is -0.183. The van der Waals surface area contributed by atoms with Crippen LogP contribution in [0.1, 0.15) is 10.4 Å². The number of carbonyl (C=O) groups is 1. The molecule has 92 valence electrons. The van der Waals surface area contributed by atoms with E-state index in [0.717, 1.165) is 16.0 Å². The number of para-hydroxylation sites is 1. The van der Waals surface area contributed by atoms with Crippen LogP contribution in [0.25, 0.3) is 0 Å². The van der Waals surface area contributed by atoms with Gasteiger partial charge in [0, 0.05) is 17.7 Å². The molecule has 4 nitrogen and oxygen atoms in total. The highest BCUT2D eigenvalue weighted by atomic mass is 79.9. The van der Waals surface area contributed by atoms with E-state index >= 15 is 0 Å². The van der Waals surface area contributed by atoms with Gasteiger partial charge in [0.05, 0.1) is 11.3 Å². The first-order valence-corrected chi connectivity index (χ1v) is 6.19. The zero-order chi connectivity index (χ0) is 13.0. The van der Waals surface area contributed by atoms with Crippen molar-refractivity contribution < 1.29 is 4.79 Å². The molecular weight excluding hydrogens is 294 g/mol. The molecule has 0 bridgehead atoms. The van der Waals surface area contributed by atoms with Gasteiger partial charge < -0.3 is 10.6 Å². The quantitative estimate of drug-likeness (QED) is 0.916. The zero-order valence-electron chi connectivity index (χ0n) is 9.77. The Balaban J connectivity index is 2.14. The number of carbonyl (C=O) groups excluding carboxylic acids is 1. The Labute approximate surface area is 114 Å². The third-order valence-electron chi connectivity index (χ3n) is 2.40. The lowest BCUT2D eigenvalue weighted by atomic mass is 10.2. The van der Waals surface area contributed by atoms with E-state index in [1.54, 1.807) is 19.2 Å². The molecule has 0 aliphatic carbocycles. The van der Waals surface area contributed by atoms with Gasteiger partial charge in [-0.15, -0.1) is 0 Å². The summed E-state index contributed by atoms with van der Waals surface area (Å²) in [7, 11) is 1.78. The molecule has 18 heavy (non-hydrogen) atoms. The molecule has 0 unspecified atom stereocenters. The highest BCUT2D eigenvalue weighted by Crippen LogP contribution is 2.21. The van der Waals surface area contributed by atoms with E-state index in [9.17, 15) is 4.79 Å². The summed E-state index contributed by atoms with van der Waals surface area (Å²) in [4.78, 5) is 16.1. The molecule has 1 aromatic heterocycles. The van der Waals surface area contributed by atoms with Crippen molar-refractivity contribution in [1.82, 2.24) is 4.98 Å². The molecule has 2 N–H and O–H groups in total. The average molecular weight is 306 g/mol. The van der Waals surface area contributed by atoms with E-state index in [4.69, 9.17) is 0 Å². The van der Waals surface area contributed by atoms with Crippen LogP contribution in [-0.4, -0.2) is 17.9 Å². The van der Waals surface area contributed by atoms with E-state index < -0.39 is 0 Å². The molecule has 0 radical (unpaired) electrons. The first-order valence-electron chi connectivity index (χ1n) is 5.40. The Morgan fingerprint density at radius 2 is 2.00 bits per heavy atom. The van der Waals surface area contributed by atoms with Gasteiger partial charge in [0.25, 0.3) is 5.91 Å². The summed E-state index contributed by atoms with van der Waals surface area (Å²) in [6.07, 6.45) is 1.54. The number of amides is 1. The molecule has 0 saturated carbocycles. The lowest BCUT2D eigenvalue weighted by Crippen LogP contribution is -2.12. The van der Waals surface area contributed by atoms with Crippen LogP contribution in [0, 0.1) is 0 Å². The van der Waals surface area contributed by atoms with Crippen LogP contribution in [0.5, 0.6) is 0 Å². The van der Waals surface area contributed by atoms with Gasteiger partial charge in [0.15, 0.2) is 0 Å². The topological polar surface area (TPSA) is 54.0 Å². The Hall–Kier alpha value is -1.88. The fourth-order valence-electron chi connectivity index (χ4n) is 1.43. The van der Waals surface area contributed by atoms with Crippen molar-refractivity contribution in [1.29, 1.82) is 0 Å². The van der Waals surface area contributed by atoms with Gasteiger partial charge >= 0.3 is 0 Å². The number of nitrogens with one attached hydrogen (secondary N) is 2. The van der Waals surface area contributed by atoms with Crippen molar-refractivity contribution in [2.45, 2.75) is 0 Å². The van der Waals surface area contributed by atoms with Gasteiger partial charge in [-0.3, -0.25) is 4.79 Å². The Bertz CT molecular complexity index is 554. The van der Waals surface area contributed by atoms with Crippen molar-refractivity contribution in [2.75, 3.05) is 17.7 Å². The number of anilines is 2.